The maximum Gasteiger partial charge on any atom is 0.309 e. The van der Waals surface area contributed by atoms with E-state index in [0.29, 0.717) is 19.7 Å². The highest BCUT2D eigenvalue weighted by molar-refractivity contribution is 5.84. The summed E-state index contributed by atoms with van der Waals surface area (Å²) in [6.07, 6.45) is 2.82. The van der Waals surface area contributed by atoms with Crippen molar-refractivity contribution < 1.29 is 19.4 Å². The first-order valence-corrected chi connectivity index (χ1v) is 6.05. The van der Waals surface area contributed by atoms with Gasteiger partial charge >= 0.3 is 5.97 Å². The molecule has 1 rings (SSSR count). The Bertz CT molecular complexity index is 360. The molecule has 0 saturated heterocycles. The Morgan fingerprint density at radius 1 is 1.50 bits per heavy atom. The van der Waals surface area contributed by atoms with Gasteiger partial charge in [-0.15, -0.1) is 0 Å². The van der Waals surface area contributed by atoms with Crippen molar-refractivity contribution in [3.8, 4) is 0 Å². The second kappa shape index (κ2) is 6.00. The molecule has 0 radical (unpaired) electrons. The lowest BCUT2D eigenvalue weighted by Crippen LogP contribution is -2.39. The molecule has 5 heteroatoms. The average molecular weight is 255 g/mol. The molecule has 0 aromatic heterocycles. The molecule has 0 aromatic rings. The van der Waals surface area contributed by atoms with E-state index in [0.717, 1.165) is 6.42 Å². The molecular weight excluding hydrogens is 234 g/mol. The van der Waals surface area contributed by atoms with Gasteiger partial charge < -0.3 is 14.7 Å². The van der Waals surface area contributed by atoms with Crippen LogP contribution in [0.25, 0.3) is 0 Å². The summed E-state index contributed by atoms with van der Waals surface area (Å²) >= 11 is 0. The Morgan fingerprint density at radius 2 is 2.17 bits per heavy atom. The zero-order chi connectivity index (χ0) is 13.8. The maximum atomic E-state index is 12.0. The number of nitrogens with zero attached hydrogens (tertiary/aromatic N) is 1. The minimum absolute atomic E-state index is 0.0375. The van der Waals surface area contributed by atoms with Crippen molar-refractivity contribution in [3.63, 3.8) is 0 Å². The minimum atomic E-state index is -1.01. The number of amides is 1. The summed E-state index contributed by atoms with van der Waals surface area (Å²) in [6.45, 7) is 4.94. The van der Waals surface area contributed by atoms with Crippen molar-refractivity contribution in [2.24, 2.45) is 5.41 Å². The van der Waals surface area contributed by atoms with Gasteiger partial charge in [0.15, 0.2) is 0 Å². The molecule has 1 heterocycles. The molecular formula is C13H21NO4. The molecule has 0 fully saturated rings. The van der Waals surface area contributed by atoms with Crippen LogP contribution in [0.15, 0.2) is 11.6 Å². The lowest BCUT2D eigenvalue weighted by molar-refractivity contribution is -0.151. The molecule has 0 aliphatic carbocycles. The summed E-state index contributed by atoms with van der Waals surface area (Å²) in [5.41, 5.74) is 0.187. The lowest BCUT2D eigenvalue weighted by atomic mass is 9.89. The second-order valence-corrected chi connectivity index (χ2v) is 5.25. The third-order valence-electron chi connectivity index (χ3n) is 3.16. The highest BCUT2D eigenvalue weighted by Gasteiger charge is 2.32. The summed E-state index contributed by atoms with van der Waals surface area (Å²) in [4.78, 5) is 24.7. The molecule has 0 bridgehead atoms. The SMILES string of the molecule is COCC1=CCN(C(=O)CC(C)(C)C(=O)O)CC1. The van der Waals surface area contributed by atoms with Gasteiger partial charge in [0, 0.05) is 26.6 Å². The van der Waals surface area contributed by atoms with E-state index in [4.69, 9.17) is 9.84 Å². The van der Waals surface area contributed by atoms with Crippen LogP contribution in [0.1, 0.15) is 26.7 Å². The van der Waals surface area contributed by atoms with Gasteiger partial charge in [0.25, 0.3) is 0 Å². The van der Waals surface area contributed by atoms with E-state index in [1.165, 1.54) is 5.57 Å². The number of methoxy groups -OCH3 is 1. The maximum absolute atomic E-state index is 12.0. The monoisotopic (exact) mass is 255 g/mol. The third-order valence-corrected chi connectivity index (χ3v) is 3.16. The first-order valence-electron chi connectivity index (χ1n) is 6.05. The molecule has 1 amide bonds. The highest BCUT2D eigenvalue weighted by Crippen LogP contribution is 2.23. The Hall–Kier alpha value is -1.36. The van der Waals surface area contributed by atoms with Crippen molar-refractivity contribution in [2.75, 3.05) is 26.8 Å². The second-order valence-electron chi connectivity index (χ2n) is 5.25. The summed E-state index contributed by atoms with van der Waals surface area (Å²) in [5, 5.41) is 9.00. The number of hydrogen-bond acceptors (Lipinski definition) is 3. The molecule has 0 atom stereocenters. The number of carboxylic acids is 1. The van der Waals surface area contributed by atoms with Crippen LogP contribution < -0.4 is 0 Å². The van der Waals surface area contributed by atoms with Gasteiger partial charge in [0.2, 0.25) is 5.91 Å². The predicted octanol–water partition coefficient (Wildman–Crippen LogP) is 1.29. The Labute approximate surface area is 107 Å². The number of aliphatic carboxylic acids is 1. The normalized spacial score (nSPS) is 16.4. The van der Waals surface area contributed by atoms with Gasteiger partial charge in [-0.05, 0) is 25.8 Å². The fraction of sp³-hybridized carbons (Fsp3) is 0.692. The molecule has 1 aliphatic rings. The Balaban J connectivity index is 2.53. The number of carbonyl (C=O) groups is 2. The molecule has 18 heavy (non-hydrogen) atoms. The van der Waals surface area contributed by atoms with E-state index in [1.54, 1.807) is 25.9 Å². The largest absolute Gasteiger partial charge is 0.481 e. The van der Waals surface area contributed by atoms with Gasteiger partial charge in [0.1, 0.15) is 0 Å². The number of rotatable bonds is 5. The zero-order valence-corrected chi connectivity index (χ0v) is 11.2. The highest BCUT2D eigenvalue weighted by atomic mass is 16.5. The number of carbonyl (C=O) groups excluding carboxylic acids is 1. The number of ether oxygens (including phenoxy) is 1. The van der Waals surface area contributed by atoms with E-state index in [9.17, 15) is 9.59 Å². The molecule has 1 aliphatic heterocycles. The summed E-state index contributed by atoms with van der Waals surface area (Å²) in [7, 11) is 1.65. The average Bonchev–Trinajstić information content (AvgIpc) is 2.29. The van der Waals surface area contributed by atoms with Crippen LogP contribution >= 0.6 is 0 Å². The zero-order valence-electron chi connectivity index (χ0n) is 11.2. The first kappa shape index (κ1) is 14.7. The standard InChI is InChI=1S/C13H21NO4/c1-13(2,12(16)17)8-11(15)14-6-4-10(5-7-14)9-18-3/h4H,5-9H2,1-3H3,(H,16,17). The Kier molecular flexibility index (Phi) is 4.90. The fourth-order valence-corrected chi connectivity index (χ4v) is 1.82. The van der Waals surface area contributed by atoms with Crippen LogP contribution in [0.5, 0.6) is 0 Å². The van der Waals surface area contributed by atoms with Gasteiger partial charge in [-0.2, -0.15) is 0 Å². The van der Waals surface area contributed by atoms with Crippen LogP contribution in [0.4, 0.5) is 0 Å². The van der Waals surface area contributed by atoms with Crippen molar-refractivity contribution in [3.05, 3.63) is 11.6 Å². The van der Waals surface area contributed by atoms with Crippen molar-refractivity contribution in [2.45, 2.75) is 26.7 Å². The van der Waals surface area contributed by atoms with Crippen LogP contribution in [-0.2, 0) is 14.3 Å². The summed E-state index contributed by atoms with van der Waals surface area (Å²) < 4.78 is 5.04. The molecule has 0 unspecified atom stereocenters. The van der Waals surface area contributed by atoms with Crippen molar-refractivity contribution in [1.29, 1.82) is 0 Å². The predicted molar refractivity (Wildman–Crippen MR) is 67.2 cm³/mol. The van der Waals surface area contributed by atoms with Crippen LogP contribution in [0.3, 0.4) is 0 Å². The fourth-order valence-electron chi connectivity index (χ4n) is 1.82. The van der Waals surface area contributed by atoms with Gasteiger partial charge in [-0.1, -0.05) is 6.08 Å². The molecule has 5 nitrogen and oxygen atoms in total. The molecule has 0 aromatic carbocycles. The Morgan fingerprint density at radius 3 is 2.61 bits per heavy atom. The molecule has 0 saturated carbocycles. The topological polar surface area (TPSA) is 66.8 Å². The molecule has 102 valence electrons. The summed E-state index contributed by atoms with van der Waals surface area (Å²) in [6, 6.07) is 0. The van der Waals surface area contributed by atoms with Crippen LogP contribution in [-0.4, -0.2) is 48.7 Å². The van der Waals surface area contributed by atoms with E-state index in [-0.39, 0.29) is 12.3 Å². The van der Waals surface area contributed by atoms with Gasteiger partial charge in [0.05, 0.1) is 12.0 Å². The van der Waals surface area contributed by atoms with Crippen molar-refractivity contribution >= 4 is 11.9 Å². The lowest BCUT2D eigenvalue weighted by Gasteiger charge is -2.29. The van der Waals surface area contributed by atoms with Crippen molar-refractivity contribution in [1.82, 2.24) is 4.90 Å². The molecule has 1 N–H and O–H groups in total. The van der Waals surface area contributed by atoms with E-state index < -0.39 is 11.4 Å². The molecule has 0 spiro atoms. The third kappa shape index (κ3) is 3.84. The van der Waals surface area contributed by atoms with Crippen LogP contribution in [0, 0.1) is 5.41 Å². The quantitative estimate of drug-likeness (QED) is 0.752. The van der Waals surface area contributed by atoms with Gasteiger partial charge in [-0.25, -0.2) is 0 Å². The van der Waals surface area contributed by atoms with E-state index >= 15 is 0 Å². The number of hydrogen-bond donors (Lipinski definition) is 1. The van der Waals surface area contributed by atoms with Gasteiger partial charge in [-0.3, -0.25) is 9.59 Å². The smallest absolute Gasteiger partial charge is 0.309 e. The first-order chi connectivity index (χ1) is 8.36. The minimum Gasteiger partial charge on any atom is -0.481 e. The summed E-state index contributed by atoms with van der Waals surface area (Å²) in [5.74, 6) is -1.04. The number of carboxylic acid groups (broad SMARTS) is 1. The van der Waals surface area contributed by atoms with Crippen LogP contribution in [0.2, 0.25) is 0 Å². The van der Waals surface area contributed by atoms with E-state index in [2.05, 4.69) is 0 Å². The van der Waals surface area contributed by atoms with E-state index in [1.807, 2.05) is 6.08 Å².